The van der Waals surface area contributed by atoms with Crippen molar-refractivity contribution in [3.05, 3.63) is 58.9 Å². The van der Waals surface area contributed by atoms with Gasteiger partial charge in [0.15, 0.2) is 0 Å². The van der Waals surface area contributed by atoms with Gasteiger partial charge in [0, 0.05) is 43.0 Å². The molecule has 0 saturated carbocycles. The third-order valence-electron chi connectivity index (χ3n) is 7.31. The first-order chi connectivity index (χ1) is 15.0. The molecule has 1 saturated heterocycles. The van der Waals surface area contributed by atoms with Crippen LogP contribution in [0.15, 0.2) is 30.5 Å². The van der Waals surface area contributed by atoms with E-state index in [1.165, 1.54) is 11.8 Å². The van der Waals surface area contributed by atoms with Crippen LogP contribution in [0.5, 0.6) is 0 Å². The Morgan fingerprint density at radius 3 is 2.87 bits per heavy atom. The van der Waals surface area contributed by atoms with Crippen LogP contribution in [0.3, 0.4) is 0 Å². The molecule has 4 nitrogen and oxygen atoms in total. The van der Waals surface area contributed by atoms with Crippen molar-refractivity contribution in [3.63, 3.8) is 0 Å². The quantitative estimate of drug-likeness (QED) is 0.656. The Balaban J connectivity index is 1.59. The van der Waals surface area contributed by atoms with Crippen molar-refractivity contribution >= 4 is 5.91 Å². The first kappa shape index (κ1) is 22.0. The number of carbonyl (C=O) groups excluding carboxylic acids is 1. The van der Waals surface area contributed by atoms with E-state index in [1.54, 1.807) is 0 Å². The van der Waals surface area contributed by atoms with E-state index in [0.29, 0.717) is 30.9 Å². The molecule has 6 heteroatoms. The van der Waals surface area contributed by atoms with Crippen LogP contribution in [-0.2, 0) is 23.1 Å². The number of hydrogen-bond acceptors (Lipinski definition) is 2. The van der Waals surface area contributed by atoms with Gasteiger partial charge in [-0.25, -0.2) is 8.78 Å². The molecule has 2 heterocycles. The molecule has 2 aliphatic rings. The minimum atomic E-state index is -0.491. The van der Waals surface area contributed by atoms with Crippen molar-refractivity contribution in [2.24, 2.45) is 5.92 Å². The summed E-state index contributed by atoms with van der Waals surface area (Å²) in [6.07, 6.45) is 8.12. The van der Waals surface area contributed by atoms with E-state index in [9.17, 15) is 13.6 Å². The summed E-state index contributed by atoms with van der Waals surface area (Å²) in [6.45, 7) is 5.00. The van der Waals surface area contributed by atoms with Crippen LogP contribution in [-0.4, -0.2) is 42.0 Å². The minimum absolute atomic E-state index is 0.0875. The van der Waals surface area contributed by atoms with Gasteiger partial charge < -0.3 is 15.2 Å². The van der Waals surface area contributed by atoms with Crippen LogP contribution < -0.4 is 5.32 Å². The average molecular weight is 430 g/mol. The number of hydrogen-bond donors (Lipinski definition) is 2. The summed E-state index contributed by atoms with van der Waals surface area (Å²) in [6, 6.07) is 6.73. The maximum Gasteiger partial charge on any atom is 0.236 e. The van der Waals surface area contributed by atoms with Crippen LogP contribution in [0.2, 0.25) is 0 Å². The summed E-state index contributed by atoms with van der Waals surface area (Å²) in [5, 5.41) is 3.13. The Bertz CT molecular complexity index is 898. The van der Waals surface area contributed by atoms with Crippen molar-refractivity contribution in [2.75, 3.05) is 26.2 Å². The highest BCUT2D eigenvalue weighted by atomic mass is 19.1. The highest BCUT2D eigenvalue weighted by Crippen LogP contribution is 2.46. The lowest BCUT2D eigenvalue weighted by Crippen LogP contribution is -2.48. The number of benzene rings is 1. The summed E-state index contributed by atoms with van der Waals surface area (Å²) in [5.41, 5.74) is 2.63. The second-order valence-corrected chi connectivity index (χ2v) is 9.12. The zero-order chi connectivity index (χ0) is 21.8. The van der Waals surface area contributed by atoms with Crippen LogP contribution in [0.1, 0.15) is 55.8 Å². The predicted molar refractivity (Wildman–Crippen MR) is 118 cm³/mol. The molecule has 1 amide bonds. The third-order valence-corrected chi connectivity index (χ3v) is 7.31. The number of nitrogens with zero attached hydrogens (tertiary/aromatic N) is 1. The monoisotopic (exact) mass is 429 g/mol. The lowest BCUT2D eigenvalue weighted by molar-refractivity contribution is -0.132. The molecule has 2 N–H and O–H groups in total. The Morgan fingerprint density at radius 2 is 2.13 bits per heavy atom. The second kappa shape index (κ2) is 9.51. The number of carbonyl (C=O) groups is 1. The SMILES string of the molecule is CCCC(CCCN1CCNCC1=O)(c1ccc[nH]1)C1CCc2c(F)cc(F)cc2C1. The zero-order valence-electron chi connectivity index (χ0n) is 18.4. The molecule has 2 unspecified atom stereocenters. The normalized spacial score (nSPS) is 21.1. The number of rotatable bonds is 8. The summed E-state index contributed by atoms with van der Waals surface area (Å²) >= 11 is 0. The minimum Gasteiger partial charge on any atom is -0.365 e. The van der Waals surface area contributed by atoms with Gasteiger partial charge in [0.1, 0.15) is 11.6 Å². The molecule has 168 valence electrons. The molecular weight excluding hydrogens is 396 g/mol. The molecule has 1 aromatic carbocycles. The van der Waals surface area contributed by atoms with E-state index < -0.39 is 11.6 Å². The number of amides is 1. The predicted octanol–water partition coefficient (Wildman–Crippen LogP) is 4.35. The topological polar surface area (TPSA) is 48.1 Å². The number of nitrogens with one attached hydrogen (secondary N) is 2. The standard InChI is InChI=1S/C25H33F2N3O/c1-2-8-25(23-5-3-10-29-23,9-4-12-30-13-11-28-17-24(30)31)19-6-7-21-18(14-19)15-20(26)16-22(21)27/h3,5,10,15-16,19,28-29H,2,4,6-9,11-14,17H2,1H3. The van der Waals surface area contributed by atoms with Gasteiger partial charge >= 0.3 is 0 Å². The maximum absolute atomic E-state index is 14.3. The van der Waals surface area contributed by atoms with E-state index >= 15 is 0 Å². The summed E-state index contributed by atoms with van der Waals surface area (Å²) in [5.74, 6) is -0.426. The number of aromatic amines is 1. The highest BCUT2D eigenvalue weighted by molar-refractivity contribution is 5.78. The molecule has 4 rings (SSSR count). The summed E-state index contributed by atoms with van der Waals surface area (Å²) < 4.78 is 28.3. The molecule has 0 spiro atoms. The van der Waals surface area contributed by atoms with E-state index in [2.05, 4.69) is 23.3 Å². The van der Waals surface area contributed by atoms with E-state index in [4.69, 9.17) is 0 Å². The Morgan fingerprint density at radius 1 is 1.26 bits per heavy atom. The van der Waals surface area contributed by atoms with Gasteiger partial charge in [0.25, 0.3) is 0 Å². The number of fused-ring (bicyclic) bond motifs is 1. The molecule has 1 aliphatic carbocycles. The number of aromatic nitrogens is 1. The highest BCUT2D eigenvalue weighted by Gasteiger charge is 2.42. The number of piperazine rings is 1. The van der Waals surface area contributed by atoms with Crippen molar-refractivity contribution in [1.82, 2.24) is 15.2 Å². The van der Waals surface area contributed by atoms with E-state index in [1.807, 2.05) is 17.2 Å². The molecule has 1 aliphatic heterocycles. The molecule has 2 atom stereocenters. The van der Waals surface area contributed by atoms with Gasteiger partial charge in [0.05, 0.1) is 6.54 Å². The number of H-pyrrole nitrogens is 1. The lowest BCUT2D eigenvalue weighted by atomic mass is 9.61. The van der Waals surface area contributed by atoms with Crippen LogP contribution in [0, 0.1) is 17.6 Å². The summed E-state index contributed by atoms with van der Waals surface area (Å²) in [4.78, 5) is 17.6. The fourth-order valence-electron chi connectivity index (χ4n) is 5.85. The maximum atomic E-state index is 14.3. The Kier molecular flexibility index (Phi) is 6.75. The molecular formula is C25H33F2N3O. The largest absolute Gasteiger partial charge is 0.365 e. The van der Waals surface area contributed by atoms with Crippen LogP contribution >= 0.6 is 0 Å². The van der Waals surface area contributed by atoms with E-state index in [-0.39, 0.29) is 11.3 Å². The third kappa shape index (κ3) is 4.54. The molecule has 1 aromatic heterocycles. The Labute approximate surface area is 183 Å². The van der Waals surface area contributed by atoms with Crippen LogP contribution in [0.25, 0.3) is 0 Å². The van der Waals surface area contributed by atoms with Gasteiger partial charge in [-0.05, 0) is 73.8 Å². The van der Waals surface area contributed by atoms with Crippen molar-refractivity contribution < 1.29 is 13.6 Å². The molecule has 31 heavy (non-hydrogen) atoms. The first-order valence-electron chi connectivity index (χ1n) is 11.6. The Hall–Kier alpha value is -2.21. The smallest absolute Gasteiger partial charge is 0.236 e. The zero-order valence-corrected chi connectivity index (χ0v) is 18.4. The summed E-state index contributed by atoms with van der Waals surface area (Å²) in [7, 11) is 0. The van der Waals surface area contributed by atoms with Crippen LogP contribution in [0.4, 0.5) is 8.78 Å². The molecule has 0 radical (unpaired) electrons. The number of halogens is 2. The van der Waals surface area contributed by atoms with Gasteiger partial charge in [-0.1, -0.05) is 13.3 Å². The van der Waals surface area contributed by atoms with Crippen molar-refractivity contribution in [3.8, 4) is 0 Å². The van der Waals surface area contributed by atoms with E-state index in [0.717, 1.165) is 63.4 Å². The van der Waals surface area contributed by atoms with Crippen molar-refractivity contribution in [2.45, 2.75) is 57.3 Å². The second-order valence-electron chi connectivity index (χ2n) is 9.12. The lowest BCUT2D eigenvalue weighted by Gasteiger charge is -2.44. The molecule has 0 bridgehead atoms. The van der Waals surface area contributed by atoms with Crippen molar-refractivity contribution in [1.29, 1.82) is 0 Å². The average Bonchev–Trinajstić information content (AvgIpc) is 3.29. The van der Waals surface area contributed by atoms with Gasteiger partial charge in [-0.3, -0.25) is 4.79 Å². The fourth-order valence-corrected chi connectivity index (χ4v) is 5.85. The molecule has 2 aromatic rings. The molecule has 1 fully saturated rings. The van der Waals surface area contributed by atoms with Gasteiger partial charge in [0.2, 0.25) is 5.91 Å². The van der Waals surface area contributed by atoms with Gasteiger partial charge in [-0.15, -0.1) is 0 Å². The van der Waals surface area contributed by atoms with Gasteiger partial charge in [-0.2, -0.15) is 0 Å². The fraction of sp³-hybridized carbons (Fsp3) is 0.560. The first-order valence-corrected chi connectivity index (χ1v) is 11.6.